The summed E-state index contributed by atoms with van der Waals surface area (Å²) in [7, 11) is 2.09. The number of amides is 1. The van der Waals surface area contributed by atoms with E-state index < -0.39 is 0 Å². The molecule has 0 saturated heterocycles. The van der Waals surface area contributed by atoms with Crippen LogP contribution in [0.4, 0.5) is 0 Å². The van der Waals surface area contributed by atoms with Gasteiger partial charge in [0.15, 0.2) is 5.69 Å². The van der Waals surface area contributed by atoms with Crippen LogP contribution in [-0.2, 0) is 26.2 Å². The maximum absolute atomic E-state index is 12.3. The summed E-state index contributed by atoms with van der Waals surface area (Å²) in [5, 5.41) is 7.37. The van der Waals surface area contributed by atoms with Crippen LogP contribution in [0.2, 0.25) is 0 Å². The van der Waals surface area contributed by atoms with Crippen molar-refractivity contribution in [3.05, 3.63) is 35.7 Å². The fourth-order valence-corrected chi connectivity index (χ4v) is 2.77. The molecule has 1 N–H and O–H groups in total. The van der Waals surface area contributed by atoms with E-state index >= 15 is 0 Å². The van der Waals surface area contributed by atoms with Gasteiger partial charge in [0.2, 0.25) is 0 Å². The van der Waals surface area contributed by atoms with Crippen LogP contribution in [0.15, 0.2) is 18.6 Å². The van der Waals surface area contributed by atoms with Gasteiger partial charge in [0.05, 0.1) is 24.3 Å². The van der Waals surface area contributed by atoms with E-state index in [0.717, 1.165) is 44.0 Å². The predicted molar refractivity (Wildman–Crippen MR) is 82.2 cm³/mol. The van der Waals surface area contributed by atoms with E-state index in [-0.39, 0.29) is 5.91 Å². The maximum atomic E-state index is 12.3. The van der Waals surface area contributed by atoms with Crippen LogP contribution in [-0.4, -0.2) is 43.7 Å². The first-order chi connectivity index (χ1) is 10.7. The molecule has 7 heteroatoms. The Hall–Kier alpha value is -2.15. The summed E-state index contributed by atoms with van der Waals surface area (Å²) in [6.45, 7) is 6.13. The summed E-state index contributed by atoms with van der Waals surface area (Å²) in [5.41, 5.74) is 2.59. The lowest BCUT2D eigenvalue weighted by Crippen LogP contribution is -2.24. The standard InChI is InChI=1S/C15H22N6O/c1-3-20-11-16-8-13(20)9-17-15(22)14-7-12-10-19(2)5-4-6-21(12)18-14/h7-8,11H,3-6,9-10H2,1-2H3,(H,17,22). The monoisotopic (exact) mass is 302 g/mol. The molecule has 7 nitrogen and oxygen atoms in total. The van der Waals surface area contributed by atoms with E-state index in [2.05, 4.69) is 34.3 Å². The van der Waals surface area contributed by atoms with E-state index in [0.29, 0.717) is 12.2 Å². The van der Waals surface area contributed by atoms with E-state index in [9.17, 15) is 4.79 Å². The zero-order valence-electron chi connectivity index (χ0n) is 13.1. The highest BCUT2D eigenvalue weighted by Crippen LogP contribution is 2.12. The number of hydrogen-bond acceptors (Lipinski definition) is 4. The molecule has 0 unspecified atom stereocenters. The number of carbonyl (C=O) groups excluding carboxylic acids is 1. The Labute approximate surface area is 129 Å². The summed E-state index contributed by atoms with van der Waals surface area (Å²) >= 11 is 0. The lowest BCUT2D eigenvalue weighted by molar-refractivity contribution is 0.0944. The van der Waals surface area contributed by atoms with Crippen LogP contribution in [0.1, 0.15) is 35.2 Å². The summed E-state index contributed by atoms with van der Waals surface area (Å²) in [6, 6.07) is 1.90. The summed E-state index contributed by atoms with van der Waals surface area (Å²) in [6.07, 6.45) is 4.61. The third-order valence-electron chi connectivity index (χ3n) is 4.01. The summed E-state index contributed by atoms with van der Waals surface area (Å²) in [5.74, 6) is -0.132. The molecule has 2 aromatic heterocycles. The Morgan fingerprint density at radius 1 is 1.41 bits per heavy atom. The molecule has 0 radical (unpaired) electrons. The molecule has 0 bridgehead atoms. The van der Waals surface area contributed by atoms with E-state index in [4.69, 9.17) is 0 Å². The highest BCUT2D eigenvalue weighted by Gasteiger charge is 2.17. The van der Waals surface area contributed by atoms with Crippen molar-refractivity contribution in [2.75, 3.05) is 13.6 Å². The highest BCUT2D eigenvalue weighted by atomic mass is 16.1. The number of fused-ring (bicyclic) bond motifs is 1. The van der Waals surface area contributed by atoms with Gasteiger partial charge in [-0.1, -0.05) is 0 Å². The number of imidazole rings is 1. The number of hydrogen-bond donors (Lipinski definition) is 1. The van der Waals surface area contributed by atoms with Crippen LogP contribution >= 0.6 is 0 Å². The molecule has 1 amide bonds. The zero-order chi connectivity index (χ0) is 15.5. The second kappa shape index (κ2) is 6.31. The molecule has 0 spiro atoms. The van der Waals surface area contributed by atoms with E-state index in [1.807, 2.05) is 15.3 Å². The van der Waals surface area contributed by atoms with Gasteiger partial charge in [-0.3, -0.25) is 9.48 Å². The molecular weight excluding hydrogens is 280 g/mol. The van der Waals surface area contributed by atoms with Gasteiger partial charge < -0.3 is 14.8 Å². The van der Waals surface area contributed by atoms with E-state index in [1.54, 1.807) is 12.5 Å². The van der Waals surface area contributed by atoms with Crippen molar-refractivity contribution in [3.63, 3.8) is 0 Å². The third kappa shape index (κ3) is 3.04. The van der Waals surface area contributed by atoms with E-state index in [1.165, 1.54) is 0 Å². The van der Waals surface area contributed by atoms with Crippen molar-refractivity contribution in [1.82, 2.24) is 29.5 Å². The van der Waals surface area contributed by atoms with Gasteiger partial charge in [0, 0.05) is 32.4 Å². The SMILES string of the molecule is CCn1cncc1CNC(=O)c1cc2n(n1)CCCN(C)C2. The van der Waals surface area contributed by atoms with Gasteiger partial charge in [0.1, 0.15) is 0 Å². The second-order valence-corrected chi connectivity index (χ2v) is 5.69. The number of nitrogens with one attached hydrogen (secondary N) is 1. The molecule has 118 valence electrons. The largest absolute Gasteiger partial charge is 0.345 e. The molecule has 22 heavy (non-hydrogen) atoms. The number of nitrogens with zero attached hydrogens (tertiary/aromatic N) is 5. The van der Waals surface area contributed by atoms with Gasteiger partial charge >= 0.3 is 0 Å². The summed E-state index contributed by atoms with van der Waals surface area (Å²) < 4.78 is 3.96. The van der Waals surface area contributed by atoms with Crippen molar-refractivity contribution < 1.29 is 4.79 Å². The van der Waals surface area contributed by atoms with Crippen molar-refractivity contribution >= 4 is 5.91 Å². The average Bonchev–Trinajstić information content (AvgIpc) is 3.08. The number of rotatable bonds is 4. The normalized spacial score (nSPS) is 15.4. The fourth-order valence-electron chi connectivity index (χ4n) is 2.77. The van der Waals surface area contributed by atoms with Gasteiger partial charge in [-0.2, -0.15) is 5.10 Å². The topological polar surface area (TPSA) is 68.0 Å². The molecule has 0 fully saturated rings. The van der Waals surface area contributed by atoms with Crippen molar-refractivity contribution in [2.24, 2.45) is 0 Å². The minimum absolute atomic E-state index is 0.132. The number of aryl methyl sites for hydroxylation is 2. The van der Waals surface area contributed by atoms with Crippen LogP contribution in [0.3, 0.4) is 0 Å². The lowest BCUT2D eigenvalue weighted by Gasteiger charge is -2.10. The van der Waals surface area contributed by atoms with Crippen LogP contribution in [0, 0.1) is 0 Å². The van der Waals surface area contributed by atoms with Gasteiger partial charge in [0.25, 0.3) is 5.91 Å². The smallest absolute Gasteiger partial charge is 0.272 e. The summed E-state index contributed by atoms with van der Waals surface area (Å²) in [4.78, 5) is 18.6. The minimum Gasteiger partial charge on any atom is -0.345 e. The fraction of sp³-hybridized carbons (Fsp3) is 0.533. The predicted octanol–water partition coefficient (Wildman–Crippen LogP) is 0.865. The minimum atomic E-state index is -0.132. The molecular formula is C15H22N6O. The molecule has 3 rings (SSSR count). The van der Waals surface area contributed by atoms with Crippen molar-refractivity contribution in [2.45, 2.75) is 39.5 Å². The molecule has 1 aliphatic heterocycles. The highest BCUT2D eigenvalue weighted by molar-refractivity contribution is 5.92. The quantitative estimate of drug-likeness (QED) is 0.910. The Morgan fingerprint density at radius 2 is 2.27 bits per heavy atom. The molecule has 0 atom stereocenters. The first-order valence-electron chi connectivity index (χ1n) is 7.70. The molecule has 3 heterocycles. The zero-order valence-corrected chi connectivity index (χ0v) is 13.1. The maximum Gasteiger partial charge on any atom is 0.272 e. The van der Waals surface area contributed by atoms with Gasteiger partial charge in [-0.05, 0) is 26.5 Å². The number of carbonyl (C=O) groups is 1. The van der Waals surface area contributed by atoms with Crippen LogP contribution in [0.25, 0.3) is 0 Å². The van der Waals surface area contributed by atoms with Crippen molar-refractivity contribution in [1.29, 1.82) is 0 Å². The molecule has 0 aromatic carbocycles. The first kappa shape index (κ1) is 14.8. The van der Waals surface area contributed by atoms with Crippen LogP contribution < -0.4 is 5.32 Å². The average molecular weight is 302 g/mol. The third-order valence-corrected chi connectivity index (χ3v) is 4.01. The molecule has 2 aromatic rings. The number of aromatic nitrogens is 4. The van der Waals surface area contributed by atoms with Gasteiger partial charge in [-0.25, -0.2) is 4.98 Å². The molecule has 0 saturated carbocycles. The van der Waals surface area contributed by atoms with Gasteiger partial charge in [-0.15, -0.1) is 0 Å². The first-order valence-corrected chi connectivity index (χ1v) is 7.70. The Morgan fingerprint density at radius 3 is 3.09 bits per heavy atom. The molecule has 0 aliphatic carbocycles. The Balaban J connectivity index is 1.67. The second-order valence-electron chi connectivity index (χ2n) is 5.69. The Bertz CT molecular complexity index is 659. The Kier molecular flexibility index (Phi) is 4.24. The van der Waals surface area contributed by atoms with Crippen LogP contribution in [0.5, 0.6) is 0 Å². The van der Waals surface area contributed by atoms with Crippen molar-refractivity contribution in [3.8, 4) is 0 Å². The molecule has 1 aliphatic rings. The lowest BCUT2D eigenvalue weighted by atomic mass is 10.3.